The maximum absolute atomic E-state index is 12.4. The van der Waals surface area contributed by atoms with Crippen LogP contribution >= 0.6 is 11.8 Å². The Bertz CT molecular complexity index is 714. The summed E-state index contributed by atoms with van der Waals surface area (Å²) >= 11 is 1.24. The summed E-state index contributed by atoms with van der Waals surface area (Å²) in [7, 11) is 0. The van der Waals surface area contributed by atoms with E-state index in [1.54, 1.807) is 0 Å². The lowest BCUT2D eigenvalue weighted by Gasteiger charge is -2.21. The third-order valence-electron chi connectivity index (χ3n) is 4.58. The fourth-order valence-electron chi connectivity index (χ4n) is 3.34. The van der Waals surface area contributed by atoms with E-state index in [-0.39, 0.29) is 11.7 Å². The lowest BCUT2D eigenvalue weighted by atomic mass is 9.95. The standard InChI is InChI=1S/C17H19N3O3S/c18-9-12-8-11-4-1-2-5-13(11)19-16(12)24-10-15(21)20-7-3-6-14(20)17(22)23/h8,14H,1-7,10H2,(H,22,23)/t14-/m0/s1. The van der Waals surface area contributed by atoms with Gasteiger partial charge in [-0.25, -0.2) is 9.78 Å². The molecule has 1 aromatic heterocycles. The zero-order valence-electron chi connectivity index (χ0n) is 13.3. The Morgan fingerprint density at radius 3 is 2.92 bits per heavy atom. The van der Waals surface area contributed by atoms with Gasteiger partial charge in [0.15, 0.2) is 0 Å². The monoisotopic (exact) mass is 345 g/mol. The molecule has 2 aliphatic rings. The van der Waals surface area contributed by atoms with Gasteiger partial charge in [-0.1, -0.05) is 11.8 Å². The highest BCUT2D eigenvalue weighted by Gasteiger charge is 2.33. The maximum Gasteiger partial charge on any atom is 0.326 e. The summed E-state index contributed by atoms with van der Waals surface area (Å²) in [5.74, 6) is -1.03. The molecule has 0 bridgehead atoms. The first kappa shape index (κ1) is 16.8. The zero-order valence-corrected chi connectivity index (χ0v) is 14.1. The number of nitrogens with zero attached hydrogens (tertiary/aromatic N) is 3. The van der Waals surface area contributed by atoms with E-state index in [0.29, 0.717) is 30.0 Å². The van der Waals surface area contributed by atoms with Crippen molar-refractivity contribution < 1.29 is 14.7 Å². The van der Waals surface area contributed by atoms with E-state index in [2.05, 4.69) is 11.1 Å². The van der Waals surface area contributed by atoms with E-state index in [1.165, 1.54) is 16.7 Å². The number of hydrogen-bond donors (Lipinski definition) is 1. The Balaban J connectivity index is 1.71. The maximum atomic E-state index is 12.4. The number of carbonyl (C=O) groups excluding carboxylic acids is 1. The molecule has 2 heterocycles. The fourth-order valence-corrected chi connectivity index (χ4v) is 4.20. The van der Waals surface area contributed by atoms with Crippen LogP contribution in [0.1, 0.15) is 42.5 Å². The number of likely N-dealkylation sites (tertiary alicyclic amines) is 1. The van der Waals surface area contributed by atoms with Gasteiger partial charge in [-0.05, 0) is 50.2 Å². The highest BCUT2D eigenvalue weighted by atomic mass is 32.2. The van der Waals surface area contributed by atoms with Crippen LogP contribution in [0, 0.1) is 11.3 Å². The smallest absolute Gasteiger partial charge is 0.326 e. The van der Waals surface area contributed by atoms with Crippen molar-refractivity contribution in [3.63, 3.8) is 0 Å². The number of aromatic nitrogens is 1. The summed E-state index contributed by atoms with van der Waals surface area (Å²) in [6.45, 7) is 0.485. The highest BCUT2D eigenvalue weighted by Crippen LogP contribution is 2.28. The van der Waals surface area contributed by atoms with Gasteiger partial charge in [-0.15, -0.1) is 0 Å². The van der Waals surface area contributed by atoms with Crippen molar-refractivity contribution in [3.05, 3.63) is 22.9 Å². The number of carbonyl (C=O) groups is 2. The largest absolute Gasteiger partial charge is 0.480 e. The molecule has 0 unspecified atom stereocenters. The molecule has 1 N–H and O–H groups in total. The lowest BCUT2D eigenvalue weighted by molar-refractivity contribution is -0.147. The van der Waals surface area contributed by atoms with Gasteiger partial charge < -0.3 is 10.0 Å². The third kappa shape index (κ3) is 3.39. The van der Waals surface area contributed by atoms with Gasteiger partial charge in [0.25, 0.3) is 0 Å². The van der Waals surface area contributed by atoms with Gasteiger partial charge in [0, 0.05) is 12.2 Å². The van der Waals surface area contributed by atoms with Gasteiger partial charge in [0.1, 0.15) is 17.1 Å². The second kappa shape index (κ2) is 7.22. The van der Waals surface area contributed by atoms with Crippen LogP contribution in [0.25, 0.3) is 0 Å². The van der Waals surface area contributed by atoms with Crippen molar-refractivity contribution in [2.24, 2.45) is 0 Å². The Hall–Kier alpha value is -2.07. The molecule has 3 rings (SSSR count). The number of fused-ring (bicyclic) bond motifs is 1. The van der Waals surface area contributed by atoms with Gasteiger partial charge >= 0.3 is 5.97 Å². The van der Waals surface area contributed by atoms with E-state index < -0.39 is 12.0 Å². The molecular weight excluding hydrogens is 326 g/mol. The minimum absolute atomic E-state index is 0.115. The number of aliphatic carboxylic acids is 1. The number of pyridine rings is 1. The number of amides is 1. The lowest BCUT2D eigenvalue weighted by Crippen LogP contribution is -2.41. The van der Waals surface area contributed by atoms with E-state index in [4.69, 9.17) is 0 Å². The fraction of sp³-hybridized carbons (Fsp3) is 0.529. The number of carboxylic acid groups (broad SMARTS) is 1. The Kier molecular flexibility index (Phi) is 5.05. The van der Waals surface area contributed by atoms with Crippen LogP contribution in [0.15, 0.2) is 11.1 Å². The predicted octanol–water partition coefficient (Wildman–Crippen LogP) is 2.00. The Morgan fingerprint density at radius 1 is 1.38 bits per heavy atom. The molecule has 0 saturated carbocycles. The molecule has 0 aromatic carbocycles. The molecule has 6 nitrogen and oxygen atoms in total. The molecule has 1 aliphatic heterocycles. The number of hydrogen-bond acceptors (Lipinski definition) is 5. The van der Waals surface area contributed by atoms with Gasteiger partial charge in [-0.2, -0.15) is 5.26 Å². The first-order valence-corrected chi connectivity index (χ1v) is 9.16. The average molecular weight is 345 g/mol. The molecule has 1 amide bonds. The van der Waals surface area contributed by atoms with E-state index in [0.717, 1.165) is 36.9 Å². The molecule has 0 spiro atoms. The molecule has 126 valence electrons. The molecular formula is C17H19N3O3S. The molecule has 7 heteroatoms. The van der Waals surface area contributed by atoms with E-state index in [9.17, 15) is 20.0 Å². The first-order chi connectivity index (χ1) is 11.6. The van der Waals surface area contributed by atoms with Crippen LogP contribution in [0.5, 0.6) is 0 Å². The molecule has 1 saturated heterocycles. The van der Waals surface area contributed by atoms with Crippen LogP contribution in [-0.4, -0.2) is 45.2 Å². The first-order valence-electron chi connectivity index (χ1n) is 8.18. The Morgan fingerprint density at radius 2 is 2.17 bits per heavy atom. The number of thioether (sulfide) groups is 1. The van der Waals surface area contributed by atoms with Crippen molar-refractivity contribution >= 4 is 23.6 Å². The van der Waals surface area contributed by atoms with E-state index in [1.807, 2.05) is 6.07 Å². The zero-order chi connectivity index (χ0) is 17.1. The third-order valence-corrected chi connectivity index (χ3v) is 5.55. The van der Waals surface area contributed by atoms with E-state index >= 15 is 0 Å². The summed E-state index contributed by atoms with van der Waals surface area (Å²) in [5, 5.41) is 19.1. The summed E-state index contributed by atoms with van der Waals surface area (Å²) in [6, 6.07) is 3.34. The second-order valence-corrected chi connectivity index (χ2v) is 7.10. The van der Waals surface area contributed by atoms with Crippen LogP contribution in [0.3, 0.4) is 0 Å². The molecule has 1 atom stereocenters. The number of carboxylic acids is 1. The molecule has 1 fully saturated rings. The SMILES string of the molecule is N#Cc1cc2c(nc1SCC(=O)N1CCC[C@H]1C(=O)O)CCCC2. The summed E-state index contributed by atoms with van der Waals surface area (Å²) in [5.41, 5.74) is 2.67. The normalized spacial score (nSPS) is 19.6. The van der Waals surface area contributed by atoms with Crippen molar-refractivity contribution in [3.8, 4) is 6.07 Å². The van der Waals surface area contributed by atoms with Crippen molar-refractivity contribution in [2.45, 2.75) is 49.6 Å². The summed E-state index contributed by atoms with van der Waals surface area (Å²) in [4.78, 5) is 29.6. The van der Waals surface area contributed by atoms with Gasteiger partial charge in [0.2, 0.25) is 5.91 Å². The minimum Gasteiger partial charge on any atom is -0.480 e. The minimum atomic E-state index is -0.949. The second-order valence-electron chi connectivity index (χ2n) is 6.14. The van der Waals surface area contributed by atoms with Crippen LogP contribution in [0.2, 0.25) is 0 Å². The highest BCUT2D eigenvalue weighted by molar-refractivity contribution is 8.00. The average Bonchev–Trinajstić information content (AvgIpc) is 3.09. The van der Waals surface area contributed by atoms with Crippen LogP contribution in [-0.2, 0) is 22.4 Å². The van der Waals surface area contributed by atoms with Gasteiger partial charge in [0.05, 0.1) is 11.3 Å². The quantitative estimate of drug-likeness (QED) is 0.839. The molecule has 0 radical (unpaired) electrons. The molecule has 1 aliphatic carbocycles. The van der Waals surface area contributed by atoms with Crippen LogP contribution in [0.4, 0.5) is 0 Å². The van der Waals surface area contributed by atoms with Crippen molar-refractivity contribution in [1.82, 2.24) is 9.88 Å². The summed E-state index contributed by atoms with van der Waals surface area (Å²) < 4.78 is 0. The van der Waals surface area contributed by atoms with Crippen molar-refractivity contribution in [2.75, 3.05) is 12.3 Å². The number of nitriles is 1. The number of rotatable bonds is 4. The Labute approximate surface area is 144 Å². The van der Waals surface area contributed by atoms with Gasteiger partial charge in [-0.3, -0.25) is 4.79 Å². The topological polar surface area (TPSA) is 94.3 Å². The predicted molar refractivity (Wildman–Crippen MR) is 88.7 cm³/mol. The number of aryl methyl sites for hydroxylation is 2. The molecule has 1 aromatic rings. The van der Waals surface area contributed by atoms with Crippen LogP contribution < -0.4 is 0 Å². The molecule has 24 heavy (non-hydrogen) atoms. The van der Waals surface area contributed by atoms with Crippen molar-refractivity contribution in [1.29, 1.82) is 5.26 Å². The summed E-state index contributed by atoms with van der Waals surface area (Å²) in [6.07, 6.45) is 5.31.